The molecule has 30 heavy (non-hydrogen) atoms. The minimum absolute atomic E-state index is 0.0433. The number of rotatable bonds is 6. The van der Waals surface area contributed by atoms with Crippen molar-refractivity contribution in [1.29, 1.82) is 0 Å². The van der Waals surface area contributed by atoms with E-state index >= 15 is 0 Å². The number of thioether (sulfide) groups is 1. The first-order valence-electron chi connectivity index (χ1n) is 10.3. The van der Waals surface area contributed by atoms with Crippen LogP contribution >= 0.6 is 11.8 Å². The molecule has 1 amide bonds. The molecule has 1 aliphatic heterocycles. The number of benzene rings is 1. The Morgan fingerprint density at radius 1 is 1.10 bits per heavy atom. The zero-order valence-corrected chi connectivity index (χ0v) is 18.4. The van der Waals surface area contributed by atoms with Crippen LogP contribution in [0, 0.1) is 0 Å². The Balaban J connectivity index is 1.47. The van der Waals surface area contributed by atoms with E-state index in [4.69, 9.17) is 5.84 Å². The first kappa shape index (κ1) is 21.2. The lowest BCUT2D eigenvalue weighted by molar-refractivity contribution is -0.133. The Bertz CT molecular complexity index is 987. The van der Waals surface area contributed by atoms with Crippen LogP contribution in [0.2, 0.25) is 0 Å². The third-order valence-electron chi connectivity index (χ3n) is 5.88. The fraction of sp³-hybridized carbons (Fsp3) is 0.550. The summed E-state index contributed by atoms with van der Waals surface area (Å²) in [7, 11) is -3.06. The molecule has 2 aromatic rings. The van der Waals surface area contributed by atoms with Gasteiger partial charge in [-0.15, -0.1) is 10.2 Å². The standard InChI is InChI=1S/C20H27N5O3S2/c21-25-19(15-7-3-1-4-8-15)22-23-20(25)29-13-18(26)24(16-9-5-2-6-10-16)17-11-12-30(27,28)14-17/h1,3-4,7-8,16-17H,2,5-6,9-14,21H2/t17-/m0/s1. The largest absolute Gasteiger partial charge is 0.335 e. The van der Waals surface area contributed by atoms with Crippen LogP contribution in [-0.2, 0) is 14.6 Å². The summed E-state index contributed by atoms with van der Waals surface area (Å²) < 4.78 is 25.5. The van der Waals surface area contributed by atoms with E-state index in [9.17, 15) is 13.2 Å². The summed E-state index contributed by atoms with van der Waals surface area (Å²) >= 11 is 1.25. The molecule has 1 saturated heterocycles. The van der Waals surface area contributed by atoms with Gasteiger partial charge in [0, 0.05) is 17.6 Å². The molecule has 0 bridgehead atoms. The Kier molecular flexibility index (Phi) is 6.33. The molecule has 0 unspecified atom stereocenters. The number of carbonyl (C=O) groups excluding carboxylic acids is 1. The smallest absolute Gasteiger partial charge is 0.233 e. The second kappa shape index (κ2) is 8.97. The highest BCUT2D eigenvalue weighted by Gasteiger charge is 2.38. The van der Waals surface area contributed by atoms with Crippen molar-refractivity contribution in [3.8, 4) is 11.4 Å². The van der Waals surface area contributed by atoms with Gasteiger partial charge in [0.05, 0.1) is 17.3 Å². The zero-order valence-electron chi connectivity index (χ0n) is 16.8. The number of amides is 1. The van der Waals surface area contributed by atoms with Crippen molar-refractivity contribution < 1.29 is 13.2 Å². The summed E-state index contributed by atoms with van der Waals surface area (Å²) in [5.41, 5.74) is 0.852. The lowest BCUT2D eigenvalue weighted by Gasteiger charge is -2.38. The van der Waals surface area contributed by atoms with Crippen LogP contribution in [0.1, 0.15) is 38.5 Å². The van der Waals surface area contributed by atoms with Gasteiger partial charge < -0.3 is 10.7 Å². The molecule has 1 aromatic heterocycles. The Morgan fingerprint density at radius 3 is 2.50 bits per heavy atom. The summed E-state index contributed by atoms with van der Waals surface area (Å²) in [5.74, 6) is 7.06. The maximum atomic E-state index is 13.2. The fourth-order valence-corrected chi connectivity index (χ4v) is 6.86. The Morgan fingerprint density at radius 2 is 1.83 bits per heavy atom. The van der Waals surface area contributed by atoms with Crippen LogP contribution < -0.4 is 5.84 Å². The predicted octanol–water partition coefficient (Wildman–Crippen LogP) is 2.10. The minimum atomic E-state index is -3.06. The summed E-state index contributed by atoms with van der Waals surface area (Å²) in [6, 6.07) is 9.42. The number of aromatic nitrogens is 3. The van der Waals surface area contributed by atoms with Crippen LogP contribution in [0.5, 0.6) is 0 Å². The van der Waals surface area contributed by atoms with E-state index in [0.717, 1.165) is 31.2 Å². The van der Waals surface area contributed by atoms with Gasteiger partial charge in [0.2, 0.25) is 11.1 Å². The van der Waals surface area contributed by atoms with E-state index in [2.05, 4.69) is 10.2 Å². The van der Waals surface area contributed by atoms with Gasteiger partial charge in [-0.2, -0.15) is 0 Å². The fourth-order valence-electron chi connectivity index (χ4n) is 4.42. The second-order valence-electron chi connectivity index (χ2n) is 7.98. The topological polar surface area (TPSA) is 111 Å². The maximum Gasteiger partial charge on any atom is 0.233 e. The van der Waals surface area contributed by atoms with Crippen LogP contribution in [0.4, 0.5) is 0 Å². The molecule has 2 N–H and O–H groups in total. The van der Waals surface area contributed by atoms with Crippen molar-refractivity contribution in [3.63, 3.8) is 0 Å². The normalized spacial score (nSPS) is 21.5. The molecule has 2 fully saturated rings. The van der Waals surface area contributed by atoms with E-state index in [0.29, 0.717) is 17.4 Å². The maximum absolute atomic E-state index is 13.2. The van der Waals surface area contributed by atoms with Crippen molar-refractivity contribution in [2.75, 3.05) is 23.1 Å². The molecule has 8 nitrogen and oxygen atoms in total. The first-order chi connectivity index (χ1) is 14.4. The molecule has 1 saturated carbocycles. The lowest BCUT2D eigenvalue weighted by atomic mass is 9.93. The highest BCUT2D eigenvalue weighted by atomic mass is 32.2. The zero-order chi connectivity index (χ0) is 21.1. The Hall–Kier alpha value is -2.07. The summed E-state index contributed by atoms with van der Waals surface area (Å²) in [4.78, 5) is 15.1. The molecule has 1 aliphatic carbocycles. The van der Waals surface area contributed by atoms with Crippen molar-refractivity contribution >= 4 is 27.5 Å². The number of nitrogens with zero attached hydrogens (tertiary/aromatic N) is 4. The third kappa shape index (κ3) is 4.64. The summed E-state index contributed by atoms with van der Waals surface area (Å²) in [6.07, 6.45) is 5.75. The van der Waals surface area contributed by atoms with Gasteiger partial charge in [0.1, 0.15) is 0 Å². The number of nitrogen functional groups attached to an aromatic ring is 1. The predicted molar refractivity (Wildman–Crippen MR) is 117 cm³/mol. The van der Waals surface area contributed by atoms with Crippen molar-refractivity contribution in [2.45, 2.75) is 55.8 Å². The number of sulfone groups is 1. The average molecular weight is 450 g/mol. The van der Waals surface area contributed by atoms with Gasteiger partial charge in [-0.05, 0) is 19.3 Å². The molecule has 162 valence electrons. The van der Waals surface area contributed by atoms with Crippen molar-refractivity contribution in [1.82, 2.24) is 19.8 Å². The molecular weight excluding hydrogens is 422 g/mol. The van der Waals surface area contributed by atoms with Crippen LogP contribution in [0.15, 0.2) is 35.5 Å². The summed E-state index contributed by atoms with van der Waals surface area (Å²) in [5, 5.41) is 8.76. The van der Waals surface area contributed by atoms with Gasteiger partial charge >= 0.3 is 0 Å². The SMILES string of the molecule is Nn1c(SCC(=O)N(C2CCCCC2)[C@H]2CCS(=O)(=O)C2)nnc1-c1ccccc1. The van der Waals surface area contributed by atoms with Gasteiger partial charge in [0.25, 0.3) is 0 Å². The van der Waals surface area contributed by atoms with Crippen molar-refractivity contribution in [3.05, 3.63) is 30.3 Å². The molecule has 1 aromatic carbocycles. The van der Waals surface area contributed by atoms with Crippen LogP contribution in [0.25, 0.3) is 11.4 Å². The van der Waals surface area contributed by atoms with Gasteiger partial charge in [-0.1, -0.05) is 61.4 Å². The van der Waals surface area contributed by atoms with E-state index in [1.165, 1.54) is 22.9 Å². The van der Waals surface area contributed by atoms with Crippen LogP contribution in [-0.4, -0.2) is 63.4 Å². The molecule has 2 aliphatic rings. The highest BCUT2D eigenvalue weighted by molar-refractivity contribution is 7.99. The van der Waals surface area contributed by atoms with Crippen LogP contribution in [0.3, 0.4) is 0 Å². The molecule has 0 radical (unpaired) electrons. The van der Waals surface area contributed by atoms with Gasteiger partial charge in [-0.25, -0.2) is 13.1 Å². The quantitative estimate of drug-likeness (QED) is 0.531. The van der Waals surface area contributed by atoms with E-state index < -0.39 is 9.84 Å². The van der Waals surface area contributed by atoms with E-state index in [-0.39, 0.29) is 35.2 Å². The molecule has 0 spiro atoms. The molecule has 2 heterocycles. The average Bonchev–Trinajstić information content (AvgIpc) is 3.29. The molecular formula is C20H27N5O3S2. The van der Waals surface area contributed by atoms with E-state index in [1.807, 2.05) is 35.2 Å². The van der Waals surface area contributed by atoms with Gasteiger partial charge in [-0.3, -0.25) is 4.79 Å². The Labute approximate surface area is 181 Å². The molecule has 4 rings (SSSR count). The lowest BCUT2D eigenvalue weighted by Crippen LogP contribution is -2.49. The second-order valence-corrected chi connectivity index (χ2v) is 11.2. The number of carbonyl (C=O) groups is 1. The molecule has 1 atom stereocenters. The third-order valence-corrected chi connectivity index (χ3v) is 8.56. The highest BCUT2D eigenvalue weighted by Crippen LogP contribution is 2.30. The van der Waals surface area contributed by atoms with Crippen molar-refractivity contribution in [2.24, 2.45) is 0 Å². The monoisotopic (exact) mass is 449 g/mol. The minimum Gasteiger partial charge on any atom is -0.335 e. The number of hydrogen-bond acceptors (Lipinski definition) is 7. The first-order valence-corrected chi connectivity index (χ1v) is 13.2. The van der Waals surface area contributed by atoms with Gasteiger partial charge in [0.15, 0.2) is 15.7 Å². The summed E-state index contributed by atoms with van der Waals surface area (Å²) in [6.45, 7) is 0. The van der Waals surface area contributed by atoms with E-state index in [1.54, 1.807) is 0 Å². The number of hydrogen-bond donors (Lipinski definition) is 1. The number of nitrogens with two attached hydrogens (primary N) is 1. The molecule has 10 heteroatoms.